The Hall–Kier alpha value is -3.19. The second-order valence-corrected chi connectivity index (χ2v) is 8.51. The third-order valence-corrected chi connectivity index (χ3v) is 6.35. The predicted octanol–water partition coefficient (Wildman–Crippen LogP) is 3.33. The van der Waals surface area contributed by atoms with Crippen molar-refractivity contribution >= 4 is 17.8 Å². The molecule has 3 atom stereocenters. The molecule has 7 heteroatoms. The Bertz CT molecular complexity index is 950. The van der Waals surface area contributed by atoms with Crippen LogP contribution < -0.4 is 5.73 Å². The Kier molecular flexibility index (Phi) is 8.22. The molecule has 0 bridgehead atoms. The maximum atomic E-state index is 13.9. The van der Waals surface area contributed by atoms with Crippen molar-refractivity contribution in [2.75, 3.05) is 13.2 Å². The van der Waals surface area contributed by atoms with E-state index < -0.39 is 41.9 Å². The number of nitrogens with two attached hydrogens (primary N) is 1. The average Bonchev–Trinajstić information content (AvgIpc) is 2.92. The number of aryl methyl sites for hydroxylation is 1. The van der Waals surface area contributed by atoms with Gasteiger partial charge in [0.25, 0.3) is 0 Å². The lowest BCUT2D eigenvalue weighted by atomic mass is 9.77. The Balaban J connectivity index is 1.96. The fourth-order valence-electron chi connectivity index (χ4n) is 4.72. The molecule has 1 heterocycles. The zero-order chi connectivity index (χ0) is 23.8. The van der Waals surface area contributed by atoms with E-state index in [0.717, 1.165) is 11.1 Å². The number of hydrogen-bond donors (Lipinski definition) is 2. The molecular weight excluding hydrogens is 420 g/mol. The van der Waals surface area contributed by atoms with E-state index in [1.807, 2.05) is 60.7 Å². The van der Waals surface area contributed by atoms with Crippen LogP contribution in [0, 0.1) is 5.92 Å². The van der Waals surface area contributed by atoms with Crippen LogP contribution in [-0.2, 0) is 25.5 Å². The van der Waals surface area contributed by atoms with Gasteiger partial charge in [-0.2, -0.15) is 0 Å². The number of hydrogen-bond acceptors (Lipinski definition) is 5. The molecule has 1 saturated heterocycles. The van der Waals surface area contributed by atoms with Gasteiger partial charge in [0.15, 0.2) is 0 Å². The summed E-state index contributed by atoms with van der Waals surface area (Å²) in [6.07, 6.45) is 2.32. The van der Waals surface area contributed by atoms with Crippen LogP contribution in [0.25, 0.3) is 0 Å². The molecule has 1 fully saturated rings. The Labute approximate surface area is 194 Å². The second-order valence-electron chi connectivity index (χ2n) is 8.51. The number of esters is 1. The average molecular weight is 453 g/mol. The van der Waals surface area contributed by atoms with Crippen molar-refractivity contribution in [1.82, 2.24) is 4.90 Å². The van der Waals surface area contributed by atoms with Gasteiger partial charge in [-0.15, -0.1) is 0 Å². The molecule has 1 aliphatic rings. The molecule has 0 aromatic heterocycles. The zero-order valence-corrected chi connectivity index (χ0v) is 19.0. The van der Waals surface area contributed by atoms with Gasteiger partial charge in [-0.1, -0.05) is 60.7 Å². The van der Waals surface area contributed by atoms with E-state index in [4.69, 9.17) is 10.5 Å². The van der Waals surface area contributed by atoms with Gasteiger partial charge in [0.2, 0.25) is 5.91 Å². The van der Waals surface area contributed by atoms with Gasteiger partial charge >= 0.3 is 11.9 Å². The minimum Gasteiger partial charge on any atom is -0.480 e. The zero-order valence-electron chi connectivity index (χ0n) is 19.0. The number of carboxylic acid groups (broad SMARTS) is 1. The minimum absolute atomic E-state index is 0.177. The normalized spacial score (nSPS) is 21.8. The number of likely N-dealkylation sites (tertiary alicyclic amines) is 1. The first-order valence-corrected chi connectivity index (χ1v) is 11.4. The van der Waals surface area contributed by atoms with Gasteiger partial charge in [-0.3, -0.25) is 14.4 Å². The summed E-state index contributed by atoms with van der Waals surface area (Å²) >= 11 is 0. The highest BCUT2D eigenvalue weighted by Crippen LogP contribution is 2.38. The van der Waals surface area contributed by atoms with Crippen LogP contribution in [0.5, 0.6) is 0 Å². The molecule has 2 aromatic carbocycles. The van der Waals surface area contributed by atoms with Crippen molar-refractivity contribution in [3.8, 4) is 0 Å². The molecule has 1 amide bonds. The molecule has 0 aliphatic carbocycles. The van der Waals surface area contributed by atoms with Crippen molar-refractivity contribution in [3.05, 3.63) is 71.8 Å². The highest BCUT2D eigenvalue weighted by molar-refractivity contribution is 5.94. The molecule has 7 nitrogen and oxygen atoms in total. The lowest BCUT2D eigenvalue weighted by Crippen LogP contribution is -2.62. The fraction of sp³-hybridized carbons (Fsp3) is 0.423. The first kappa shape index (κ1) is 24.5. The molecule has 2 aromatic rings. The highest BCUT2D eigenvalue weighted by atomic mass is 16.5. The monoisotopic (exact) mass is 452 g/mol. The molecule has 33 heavy (non-hydrogen) atoms. The fourth-order valence-corrected chi connectivity index (χ4v) is 4.72. The van der Waals surface area contributed by atoms with E-state index in [1.165, 1.54) is 4.90 Å². The van der Waals surface area contributed by atoms with Gasteiger partial charge in [0.1, 0.15) is 12.1 Å². The number of benzene rings is 2. The van der Waals surface area contributed by atoms with Gasteiger partial charge in [0, 0.05) is 0 Å². The van der Waals surface area contributed by atoms with Crippen LogP contribution in [0.15, 0.2) is 60.7 Å². The summed E-state index contributed by atoms with van der Waals surface area (Å²) in [4.78, 5) is 39.9. The minimum atomic E-state index is -1.54. The Morgan fingerprint density at radius 3 is 2.39 bits per heavy atom. The van der Waals surface area contributed by atoms with Crippen molar-refractivity contribution in [2.45, 2.75) is 50.6 Å². The maximum Gasteiger partial charge on any atom is 0.323 e. The van der Waals surface area contributed by atoms with Crippen LogP contribution >= 0.6 is 0 Å². The van der Waals surface area contributed by atoms with E-state index in [2.05, 4.69) is 0 Å². The smallest absolute Gasteiger partial charge is 0.323 e. The summed E-state index contributed by atoms with van der Waals surface area (Å²) < 4.78 is 5.32. The molecule has 176 valence electrons. The largest absolute Gasteiger partial charge is 0.480 e. The third-order valence-electron chi connectivity index (χ3n) is 6.35. The molecule has 3 unspecified atom stereocenters. The van der Waals surface area contributed by atoms with E-state index >= 15 is 0 Å². The summed E-state index contributed by atoms with van der Waals surface area (Å²) in [5.41, 5.74) is 7.11. The van der Waals surface area contributed by atoms with Crippen molar-refractivity contribution in [2.24, 2.45) is 11.7 Å². The SMILES string of the molecule is CCOC(=O)C(CCc1ccccc1)C1(N)CCCC(c2ccccc2)N(CC(=O)O)C1=O. The quantitative estimate of drug-likeness (QED) is 0.565. The lowest BCUT2D eigenvalue weighted by molar-refractivity contribution is -0.158. The van der Waals surface area contributed by atoms with E-state index in [0.29, 0.717) is 25.7 Å². The summed E-state index contributed by atoms with van der Waals surface area (Å²) in [5, 5.41) is 9.57. The van der Waals surface area contributed by atoms with Crippen LogP contribution in [0.2, 0.25) is 0 Å². The molecule has 0 spiro atoms. The number of carbonyl (C=O) groups excluding carboxylic acids is 2. The number of amides is 1. The van der Waals surface area contributed by atoms with Gasteiger partial charge in [-0.25, -0.2) is 0 Å². The molecule has 1 aliphatic heterocycles. The van der Waals surface area contributed by atoms with E-state index in [9.17, 15) is 19.5 Å². The van der Waals surface area contributed by atoms with E-state index in [-0.39, 0.29) is 13.0 Å². The Morgan fingerprint density at radius 2 is 1.79 bits per heavy atom. The number of rotatable bonds is 9. The third kappa shape index (κ3) is 5.79. The van der Waals surface area contributed by atoms with Gasteiger partial charge < -0.3 is 20.5 Å². The summed E-state index contributed by atoms with van der Waals surface area (Å²) in [7, 11) is 0. The highest BCUT2D eigenvalue weighted by Gasteiger charge is 2.51. The predicted molar refractivity (Wildman–Crippen MR) is 124 cm³/mol. The number of aliphatic carboxylic acids is 1. The molecular formula is C26H32N2O5. The summed E-state index contributed by atoms with van der Waals surface area (Å²) in [5.74, 6) is -3.03. The Morgan fingerprint density at radius 1 is 1.15 bits per heavy atom. The van der Waals surface area contributed by atoms with Crippen LogP contribution in [0.1, 0.15) is 49.8 Å². The first-order chi connectivity index (χ1) is 15.9. The molecule has 3 N–H and O–H groups in total. The van der Waals surface area contributed by atoms with Crippen LogP contribution in [0.3, 0.4) is 0 Å². The maximum absolute atomic E-state index is 13.9. The van der Waals surface area contributed by atoms with E-state index in [1.54, 1.807) is 6.92 Å². The second kappa shape index (κ2) is 11.1. The van der Waals surface area contributed by atoms with Gasteiger partial charge in [-0.05, 0) is 50.2 Å². The summed E-state index contributed by atoms with van der Waals surface area (Å²) in [6, 6.07) is 18.6. The molecule has 0 radical (unpaired) electrons. The molecule has 0 saturated carbocycles. The van der Waals surface area contributed by atoms with Crippen LogP contribution in [-0.4, -0.2) is 46.5 Å². The van der Waals surface area contributed by atoms with Crippen molar-refractivity contribution in [3.63, 3.8) is 0 Å². The standard InChI is InChI=1S/C26H32N2O5/c1-2-33-24(31)21(16-15-19-10-5-3-6-11-19)26(27)17-9-14-22(20-12-7-4-8-13-20)28(25(26)32)18-23(29)30/h3-8,10-13,21-22H,2,9,14-18,27H2,1H3,(H,29,30). The molecule has 3 rings (SSSR count). The first-order valence-electron chi connectivity index (χ1n) is 11.4. The lowest BCUT2D eigenvalue weighted by Gasteiger charge is -2.38. The topological polar surface area (TPSA) is 110 Å². The number of carbonyl (C=O) groups is 3. The number of nitrogens with zero attached hydrogens (tertiary/aromatic N) is 1. The van der Waals surface area contributed by atoms with Gasteiger partial charge in [0.05, 0.1) is 18.6 Å². The summed E-state index contributed by atoms with van der Waals surface area (Å²) in [6.45, 7) is 1.41. The number of ether oxygens (including phenoxy) is 1. The van der Waals surface area contributed by atoms with Crippen molar-refractivity contribution < 1.29 is 24.2 Å². The van der Waals surface area contributed by atoms with Crippen molar-refractivity contribution in [1.29, 1.82) is 0 Å². The van der Waals surface area contributed by atoms with Crippen LogP contribution in [0.4, 0.5) is 0 Å². The number of carboxylic acids is 1.